The number of aliphatic hydroxyl groups excluding tert-OH is 2. The predicted octanol–water partition coefficient (Wildman–Crippen LogP) is 5.26. The third-order valence-corrected chi connectivity index (χ3v) is 5.56. The van der Waals surface area contributed by atoms with Gasteiger partial charge in [0.05, 0.1) is 12.0 Å². The van der Waals surface area contributed by atoms with Crippen molar-refractivity contribution in [2.75, 3.05) is 7.11 Å². The van der Waals surface area contributed by atoms with Crippen molar-refractivity contribution in [2.45, 2.75) is 83.6 Å². The standard InChI is InChI=1S/C29H43NO4/c1-6-7-8-9-16-25-17-12-10-14-23(2)15-11-13-18-26(31)27(32)21-24(3)19-20-29(4,34-5)22-28(33)30-25/h8-15,18-21,25-27,31-32H,6-7,16-17,22H2,1-5H3,(H,30,33)/b9-8+,12-10+,15-11+,18-13-,20-19+,23-14+,24-21-. The summed E-state index contributed by atoms with van der Waals surface area (Å²) in [4.78, 5) is 12.9. The highest BCUT2D eigenvalue weighted by Crippen LogP contribution is 2.19. The molecule has 0 aliphatic carbocycles. The molecule has 0 radical (unpaired) electrons. The zero-order valence-electron chi connectivity index (χ0n) is 21.4. The van der Waals surface area contributed by atoms with Gasteiger partial charge in [0, 0.05) is 13.2 Å². The van der Waals surface area contributed by atoms with Gasteiger partial charge in [-0.25, -0.2) is 0 Å². The monoisotopic (exact) mass is 469 g/mol. The van der Waals surface area contributed by atoms with Crippen LogP contribution in [0, 0.1) is 0 Å². The van der Waals surface area contributed by atoms with Crippen LogP contribution in [-0.2, 0) is 9.53 Å². The van der Waals surface area contributed by atoms with Crippen LogP contribution in [0.5, 0.6) is 0 Å². The minimum absolute atomic E-state index is 0.00186. The van der Waals surface area contributed by atoms with E-state index in [1.54, 1.807) is 31.4 Å². The lowest BCUT2D eigenvalue weighted by Gasteiger charge is -2.25. The molecule has 1 heterocycles. The van der Waals surface area contributed by atoms with Gasteiger partial charge in [-0.3, -0.25) is 4.79 Å². The second-order valence-corrected chi connectivity index (χ2v) is 9.00. The molecule has 1 amide bonds. The summed E-state index contributed by atoms with van der Waals surface area (Å²) in [5, 5.41) is 23.6. The molecule has 0 bridgehead atoms. The molecule has 0 saturated heterocycles. The number of allylic oxidation sites excluding steroid dienone is 9. The van der Waals surface area contributed by atoms with Crippen LogP contribution in [0.1, 0.15) is 59.8 Å². The average molecular weight is 470 g/mol. The highest BCUT2D eigenvalue weighted by molar-refractivity contribution is 5.77. The lowest BCUT2D eigenvalue weighted by molar-refractivity contribution is -0.125. The number of rotatable bonds is 5. The third-order valence-electron chi connectivity index (χ3n) is 5.56. The van der Waals surface area contributed by atoms with E-state index < -0.39 is 17.8 Å². The van der Waals surface area contributed by atoms with Crippen molar-refractivity contribution in [3.05, 3.63) is 84.1 Å². The summed E-state index contributed by atoms with van der Waals surface area (Å²) in [5.74, 6) is -0.0809. The Morgan fingerprint density at radius 1 is 1.12 bits per heavy atom. The topological polar surface area (TPSA) is 78.8 Å². The molecule has 0 spiro atoms. The van der Waals surface area contributed by atoms with Gasteiger partial charge in [0.25, 0.3) is 0 Å². The van der Waals surface area contributed by atoms with E-state index >= 15 is 0 Å². The minimum atomic E-state index is -1.04. The first-order valence-electron chi connectivity index (χ1n) is 12.1. The van der Waals surface area contributed by atoms with Crippen LogP contribution in [0.3, 0.4) is 0 Å². The number of hydrogen-bond acceptors (Lipinski definition) is 4. The number of nitrogens with one attached hydrogen (secondary N) is 1. The van der Waals surface area contributed by atoms with Gasteiger partial charge < -0.3 is 20.3 Å². The number of carbonyl (C=O) groups excluding carboxylic acids is 1. The van der Waals surface area contributed by atoms with E-state index in [0.29, 0.717) is 0 Å². The smallest absolute Gasteiger partial charge is 0.223 e. The second-order valence-electron chi connectivity index (χ2n) is 9.00. The molecule has 0 aromatic heterocycles. The SMILES string of the molecule is CCC/C=C/CC1C/C=C/C=C(C)/C=C/C=C\C(O)C(O)/C=C(C)\C=C\C(C)(OC)CC(=O)N1. The van der Waals surface area contributed by atoms with E-state index in [2.05, 4.69) is 30.5 Å². The highest BCUT2D eigenvalue weighted by Gasteiger charge is 2.25. The normalized spacial score (nSPS) is 34.8. The molecule has 0 aromatic rings. The quantitative estimate of drug-likeness (QED) is 0.480. The van der Waals surface area contributed by atoms with E-state index in [9.17, 15) is 15.0 Å². The van der Waals surface area contributed by atoms with Crippen LogP contribution >= 0.6 is 0 Å². The maximum absolute atomic E-state index is 12.9. The van der Waals surface area contributed by atoms with Gasteiger partial charge in [-0.2, -0.15) is 0 Å². The summed E-state index contributed by atoms with van der Waals surface area (Å²) in [6.07, 6.45) is 24.3. The van der Waals surface area contributed by atoms with Gasteiger partial charge in [0.1, 0.15) is 12.2 Å². The molecular formula is C29H43NO4. The molecule has 0 saturated carbocycles. The predicted molar refractivity (Wildman–Crippen MR) is 141 cm³/mol. The summed E-state index contributed by atoms with van der Waals surface area (Å²) in [5.41, 5.74) is 1.01. The molecule has 4 atom stereocenters. The number of unbranched alkanes of at least 4 members (excludes halogenated alkanes) is 1. The summed E-state index contributed by atoms with van der Waals surface area (Å²) < 4.78 is 5.64. The van der Waals surface area contributed by atoms with Gasteiger partial charge in [-0.15, -0.1) is 0 Å². The Hall–Kier alpha value is -2.47. The number of hydrogen-bond donors (Lipinski definition) is 3. The molecule has 188 valence electrons. The van der Waals surface area contributed by atoms with Gasteiger partial charge in [0.2, 0.25) is 5.91 Å². The largest absolute Gasteiger partial charge is 0.386 e. The zero-order valence-corrected chi connectivity index (χ0v) is 21.4. The zero-order chi connectivity index (χ0) is 25.4. The number of ether oxygens (including phenoxy) is 1. The number of methoxy groups -OCH3 is 1. The summed E-state index contributed by atoms with van der Waals surface area (Å²) in [6, 6.07) is -0.00186. The molecule has 4 unspecified atom stereocenters. The highest BCUT2D eigenvalue weighted by atomic mass is 16.5. The average Bonchev–Trinajstić information content (AvgIpc) is 2.79. The number of carbonyl (C=O) groups is 1. The van der Waals surface area contributed by atoms with Crippen molar-refractivity contribution in [2.24, 2.45) is 0 Å². The van der Waals surface area contributed by atoms with E-state index in [1.807, 2.05) is 51.2 Å². The Labute approximate surface area is 206 Å². The Morgan fingerprint density at radius 3 is 2.59 bits per heavy atom. The number of amides is 1. The van der Waals surface area contributed by atoms with Crippen molar-refractivity contribution in [3.8, 4) is 0 Å². The van der Waals surface area contributed by atoms with E-state index in [4.69, 9.17) is 4.74 Å². The Morgan fingerprint density at radius 2 is 1.88 bits per heavy atom. The van der Waals surface area contributed by atoms with Crippen molar-refractivity contribution in [3.63, 3.8) is 0 Å². The summed E-state index contributed by atoms with van der Waals surface area (Å²) in [6.45, 7) is 7.82. The molecule has 1 aliphatic rings. The Bertz CT molecular complexity index is 831. The lowest BCUT2D eigenvalue weighted by atomic mass is 9.98. The van der Waals surface area contributed by atoms with Gasteiger partial charge in [-0.05, 0) is 40.0 Å². The third kappa shape index (κ3) is 12.7. The second kappa shape index (κ2) is 16.2. The fourth-order valence-corrected chi connectivity index (χ4v) is 3.30. The molecule has 1 aliphatic heterocycles. The van der Waals surface area contributed by atoms with E-state index in [0.717, 1.165) is 36.8 Å². The lowest BCUT2D eigenvalue weighted by Crippen LogP contribution is -2.39. The fraction of sp³-hybridized carbons (Fsp3) is 0.483. The van der Waals surface area contributed by atoms with Crippen LogP contribution < -0.4 is 5.32 Å². The maximum atomic E-state index is 12.9. The molecule has 3 N–H and O–H groups in total. The molecule has 1 rings (SSSR count). The van der Waals surface area contributed by atoms with Gasteiger partial charge in [-0.1, -0.05) is 97.4 Å². The van der Waals surface area contributed by atoms with Crippen molar-refractivity contribution >= 4 is 5.91 Å². The molecule has 0 fully saturated rings. The number of aliphatic hydroxyl groups is 2. The van der Waals surface area contributed by atoms with Gasteiger partial charge in [0.15, 0.2) is 0 Å². The van der Waals surface area contributed by atoms with Crippen molar-refractivity contribution in [1.29, 1.82) is 0 Å². The first-order valence-corrected chi connectivity index (χ1v) is 12.1. The fourth-order valence-electron chi connectivity index (χ4n) is 3.30. The van der Waals surface area contributed by atoms with Crippen molar-refractivity contribution in [1.82, 2.24) is 5.32 Å². The maximum Gasteiger partial charge on any atom is 0.223 e. The van der Waals surface area contributed by atoms with Crippen LogP contribution in [-0.4, -0.2) is 47.1 Å². The summed E-state index contributed by atoms with van der Waals surface area (Å²) >= 11 is 0. The van der Waals surface area contributed by atoms with Crippen LogP contribution in [0.25, 0.3) is 0 Å². The Kier molecular flexibility index (Phi) is 14.1. The van der Waals surface area contributed by atoms with E-state index in [1.165, 1.54) is 0 Å². The molecule has 0 aromatic carbocycles. The molecule has 5 nitrogen and oxygen atoms in total. The summed E-state index contributed by atoms with van der Waals surface area (Å²) in [7, 11) is 1.58. The Balaban J connectivity index is 3.18. The van der Waals surface area contributed by atoms with Gasteiger partial charge >= 0.3 is 0 Å². The first-order chi connectivity index (χ1) is 16.2. The van der Waals surface area contributed by atoms with Crippen molar-refractivity contribution < 1.29 is 19.7 Å². The van der Waals surface area contributed by atoms with Crippen LogP contribution in [0.4, 0.5) is 0 Å². The van der Waals surface area contributed by atoms with E-state index in [-0.39, 0.29) is 18.4 Å². The molecule has 34 heavy (non-hydrogen) atoms. The molecular weight excluding hydrogens is 426 g/mol. The molecule has 5 heteroatoms. The first kappa shape index (κ1) is 29.6. The van der Waals surface area contributed by atoms with Crippen LogP contribution in [0.2, 0.25) is 0 Å². The van der Waals surface area contributed by atoms with Crippen LogP contribution in [0.15, 0.2) is 84.1 Å². The minimum Gasteiger partial charge on any atom is -0.386 e.